The molecule has 1 aromatic carbocycles. The largest absolute Gasteiger partial charge is 0.444 e. The molecule has 3 rings (SSSR count). The molecule has 1 amide bonds. The summed E-state index contributed by atoms with van der Waals surface area (Å²) in [6.07, 6.45) is 0.653. The lowest BCUT2D eigenvalue weighted by molar-refractivity contribution is 0.0562. The first-order chi connectivity index (χ1) is 13.0. The van der Waals surface area contributed by atoms with Gasteiger partial charge in [0.15, 0.2) is 11.7 Å². The molecule has 0 aliphatic carbocycles. The summed E-state index contributed by atoms with van der Waals surface area (Å²) in [4.78, 5) is 21.0. The number of hydrogen-bond donors (Lipinski definition) is 2. The Kier molecular flexibility index (Phi) is 4.59. The van der Waals surface area contributed by atoms with E-state index in [0.717, 1.165) is 0 Å². The summed E-state index contributed by atoms with van der Waals surface area (Å²) in [5, 5.41) is 12.0. The summed E-state index contributed by atoms with van der Waals surface area (Å²) in [6, 6.07) is 6.26. The highest BCUT2D eigenvalue weighted by atomic mass is 19.1. The number of imidazole rings is 1. The summed E-state index contributed by atoms with van der Waals surface area (Å²) in [6.45, 7) is 7.06. The number of aromatic nitrogens is 2. The van der Waals surface area contributed by atoms with E-state index in [2.05, 4.69) is 15.3 Å². The standard InChI is InChI=1S/C19H21FN6O2/c1-18(2,3)28-17(27)24-15-16-23-9-12(8-21)26(16)10-19(4,25-15)13-7-11(22)5-6-14(13)20/h5-7,9H,10,22H2,1-4H3,(H,24,25,27)/t19-/m0/s1. The zero-order valence-corrected chi connectivity index (χ0v) is 16.1. The van der Waals surface area contributed by atoms with Gasteiger partial charge in [0.25, 0.3) is 0 Å². The average molecular weight is 384 g/mol. The number of nitrogens with one attached hydrogen (secondary N) is 1. The third-order valence-electron chi connectivity index (χ3n) is 4.20. The van der Waals surface area contributed by atoms with Gasteiger partial charge in [-0.3, -0.25) is 10.3 Å². The summed E-state index contributed by atoms with van der Waals surface area (Å²) < 4.78 is 21.4. The quantitative estimate of drug-likeness (QED) is 0.733. The van der Waals surface area contributed by atoms with Gasteiger partial charge in [-0.2, -0.15) is 5.26 Å². The number of amidine groups is 1. The molecule has 0 bridgehead atoms. The summed E-state index contributed by atoms with van der Waals surface area (Å²) in [7, 11) is 0. The topological polar surface area (TPSA) is 118 Å². The van der Waals surface area contributed by atoms with Gasteiger partial charge >= 0.3 is 6.09 Å². The van der Waals surface area contributed by atoms with Crippen molar-refractivity contribution in [2.45, 2.75) is 45.4 Å². The average Bonchev–Trinajstić information content (AvgIpc) is 2.98. The van der Waals surface area contributed by atoms with E-state index in [1.165, 1.54) is 24.4 Å². The number of aliphatic imine (C=N–C) groups is 1. The minimum atomic E-state index is -1.12. The number of rotatable bonds is 1. The first-order valence-electron chi connectivity index (χ1n) is 8.64. The van der Waals surface area contributed by atoms with Gasteiger partial charge in [0.1, 0.15) is 28.7 Å². The molecular weight excluding hydrogens is 363 g/mol. The van der Waals surface area contributed by atoms with Crippen molar-refractivity contribution in [2.24, 2.45) is 4.99 Å². The minimum absolute atomic E-state index is 0.0892. The summed E-state index contributed by atoms with van der Waals surface area (Å²) in [5.41, 5.74) is 4.90. The van der Waals surface area contributed by atoms with E-state index < -0.39 is 23.1 Å². The first-order valence-corrected chi connectivity index (χ1v) is 8.64. The minimum Gasteiger partial charge on any atom is -0.444 e. The van der Waals surface area contributed by atoms with E-state index in [1.807, 2.05) is 6.07 Å². The monoisotopic (exact) mass is 384 g/mol. The maximum atomic E-state index is 14.6. The number of benzene rings is 1. The van der Waals surface area contributed by atoms with Crippen LogP contribution >= 0.6 is 0 Å². The second-order valence-electron chi connectivity index (χ2n) is 7.77. The number of alkyl carbamates (subject to hydrolysis) is 1. The van der Waals surface area contributed by atoms with Crippen LogP contribution in [0.5, 0.6) is 0 Å². The molecule has 8 nitrogen and oxygen atoms in total. The highest BCUT2D eigenvalue weighted by Crippen LogP contribution is 2.35. The van der Waals surface area contributed by atoms with Gasteiger partial charge < -0.3 is 15.0 Å². The zero-order valence-electron chi connectivity index (χ0n) is 16.1. The molecule has 9 heteroatoms. The lowest BCUT2D eigenvalue weighted by Gasteiger charge is -2.33. The van der Waals surface area contributed by atoms with Crippen molar-refractivity contribution in [1.29, 1.82) is 5.26 Å². The van der Waals surface area contributed by atoms with Gasteiger partial charge in [-0.05, 0) is 45.9 Å². The molecule has 146 valence electrons. The highest BCUT2D eigenvalue weighted by molar-refractivity contribution is 6.05. The molecule has 1 atom stereocenters. The van der Waals surface area contributed by atoms with Crippen LogP contribution in [-0.4, -0.2) is 27.1 Å². The van der Waals surface area contributed by atoms with Crippen molar-refractivity contribution in [2.75, 3.05) is 5.73 Å². The number of amides is 1. The Morgan fingerprint density at radius 3 is 2.82 bits per heavy atom. The molecule has 28 heavy (non-hydrogen) atoms. The SMILES string of the molecule is CC(C)(C)OC(=O)NC1=N[C@](C)(c2cc(N)ccc2F)Cn2c(C#N)cnc21. The van der Waals surface area contributed by atoms with Crippen LogP contribution in [0.25, 0.3) is 0 Å². The van der Waals surface area contributed by atoms with Crippen molar-refractivity contribution < 1.29 is 13.9 Å². The highest BCUT2D eigenvalue weighted by Gasteiger charge is 2.37. The molecule has 2 heterocycles. The van der Waals surface area contributed by atoms with E-state index in [0.29, 0.717) is 11.5 Å². The van der Waals surface area contributed by atoms with Gasteiger partial charge in [-0.25, -0.2) is 14.2 Å². The van der Waals surface area contributed by atoms with Crippen molar-refractivity contribution in [3.8, 4) is 6.07 Å². The molecular formula is C19H21FN6O2. The van der Waals surface area contributed by atoms with Crippen LogP contribution < -0.4 is 11.1 Å². The number of fused-ring (bicyclic) bond motifs is 1. The third kappa shape index (κ3) is 3.67. The molecule has 1 aromatic heterocycles. The fourth-order valence-corrected chi connectivity index (χ4v) is 3.04. The van der Waals surface area contributed by atoms with Gasteiger partial charge in [-0.1, -0.05) is 0 Å². The van der Waals surface area contributed by atoms with E-state index in [-0.39, 0.29) is 23.6 Å². The second kappa shape index (κ2) is 6.64. The lowest BCUT2D eigenvalue weighted by atomic mass is 9.90. The van der Waals surface area contributed by atoms with Gasteiger partial charge in [-0.15, -0.1) is 0 Å². The number of nitrogen functional groups attached to an aromatic ring is 1. The second-order valence-corrected chi connectivity index (χ2v) is 7.77. The van der Waals surface area contributed by atoms with Crippen molar-refractivity contribution in [3.05, 3.63) is 47.3 Å². The van der Waals surface area contributed by atoms with Crippen LogP contribution in [0, 0.1) is 17.1 Å². The lowest BCUT2D eigenvalue weighted by Crippen LogP contribution is -2.44. The van der Waals surface area contributed by atoms with Crippen LogP contribution in [0.4, 0.5) is 14.9 Å². The molecule has 0 spiro atoms. The molecule has 0 fully saturated rings. The van der Waals surface area contributed by atoms with Gasteiger partial charge in [0.05, 0.1) is 12.7 Å². The number of carbonyl (C=O) groups is 1. The number of carbonyl (C=O) groups excluding carboxylic acids is 1. The predicted molar refractivity (Wildman–Crippen MR) is 101 cm³/mol. The van der Waals surface area contributed by atoms with E-state index >= 15 is 0 Å². The molecule has 0 saturated heterocycles. The van der Waals surface area contributed by atoms with Crippen LogP contribution in [0.3, 0.4) is 0 Å². The molecule has 2 aromatic rings. The Bertz CT molecular complexity index is 1010. The number of nitriles is 1. The molecule has 3 N–H and O–H groups in total. The van der Waals surface area contributed by atoms with E-state index in [1.54, 1.807) is 32.3 Å². The van der Waals surface area contributed by atoms with Crippen LogP contribution in [0.15, 0.2) is 29.4 Å². The normalized spacial score (nSPS) is 18.6. The Morgan fingerprint density at radius 1 is 1.46 bits per heavy atom. The fourth-order valence-electron chi connectivity index (χ4n) is 3.04. The van der Waals surface area contributed by atoms with Crippen molar-refractivity contribution in [3.63, 3.8) is 0 Å². The first kappa shape index (κ1) is 19.4. The Labute approximate surface area is 161 Å². The Morgan fingerprint density at radius 2 is 2.18 bits per heavy atom. The zero-order chi connectivity index (χ0) is 20.7. The van der Waals surface area contributed by atoms with Crippen LogP contribution in [0.2, 0.25) is 0 Å². The van der Waals surface area contributed by atoms with Crippen LogP contribution in [-0.2, 0) is 16.8 Å². The Balaban J connectivity index is 2.09. The predicted octanol–water partition coefficient (Wildman–Crippen LogP) is 2.68. The fraction of sp³-hybridized carbons (Fsp3) is 0.368. The Hall–Kier alpha value is -3.41. The third-order valence-corrected chi connectivity index (χ3v) is 4.20. The van der Waals surface area contributed by atoms with E-state index in [4.69, 9.17) is 10.5 Å². The number of hydrogen-bond acceptors (Lipinski definition) is 6. The van der Waals surface area contributed by atoms with Crippen molar-refractivity contribution in [1.82, 2.24) is 14.9 Å². The van der Waals surface area contributed by atoms with Crippen molar-refractivity contribution >= 4 is 17.6 Å². The van der Waals surface area contributed by atoms with Gasteiger partial charge in [0, 0.05) is 11.3 Å². The molecule has 1 aliphatic heterocycles. The van der Waals surface area contributed by atoms with Crippen LogP contribution in [0.1, 0.15) is 44.8 Å². The number of anilines is 1. The maximum Gasteiger partial charge on any atom is 0.413 e. The number of halogens is 1. The number of nitrogens with two attached hydrogens (primary N) is 1. The summed E-state index contributed by atoms with van der Waals surface area (Å²) >= 11 is 0. The molecule has 0 unspecified atom stereocenters. The van der Waals surface area contributed by atoms with E-state index in [9.17, 15) is 14.4 Å². The number of nitrogens with zero attached hydrogens (tertiary/aromatic N) is 4. The molecule has 0 radical (unpaired) electrons. The maximum absolute atomic E-state index is 14.6. The molecule has 0 saturated carbocycles. The molecule has 1 aliphatic rings. The smallest absolute Gasteiger partial charge is 0.413 e. The van der Waals surface area contributed by atoms with Gasteiger partial charge in [0.2, 0.25) is 0 Å². The summed E-state index contributed by atoms with van der Waals surface area (Å²) in [5.74, 6) is -0.102. The number of ether oxygens (including phenoxy) is 1.